The summed E-state index contributed by atoms with van der Waals surface area (Å²) in [5, 5.41) is 14.8. The second kappa shape index (κ2) is 20.7. The number of fused-ring (bicyclic) bond motifs is 3. The Morgan fingerprint density at radius 1 is 0.787 bits per heavy atom. The van der Waals surface area contributed by atoms with E-state index in [9.17, 15) is 48.3 Å². The molecule has 20 heteroatoms. The van der Waals surface area contributed by atoms with Gasteiger partial charge in [0.2, 0.25) is 17.7 Å². The van der Waals surface area contributed by atoms with Crippen molar-refractivity contribution in [1.82, 2.24) is 39.5 Å². The topological polar surface area (TPSA) is 281 Å². The van der Waals surface area contributed by atoms with Crippen LogP contribution in [0.2, 0.25) is 0 Å². The third-order valence-corrected chi connectivity index (χ3v) is 10.2. The zero-order valence-corrected chi connectivity index (χ0v) is 33.8. The zero-order chi connectivity index (χ0) is 44.2. The number of hydrogen-bond donors (Lipinski definition) is 6. The molecule has 0 saturated carbocycles. The molecule has 0 unspecified atom stereocenters. The molecule has 1 aliphatic rings. The van der Waals surface area contributed by atoms with Crippen LogP contribution < -0.4 is 38.9 Å². The molecule has 2 aromatic heterocycles. The number of unbranched alkanes of at least 4 members (excludes halogenated alkanes) is 1. The van der Waals surface area contributed by atoms with Crippen LogP contribution in [0.1, 0.15) is 47.4 Å². The Morgan fingerprint density at radius 2 is 1.33 bits per heavy atom. The highest BCUT2D eigenvalue weighted by atomic mass is 16.5. The van der Waals surface area contributed by atoms with E-state index in [2.05, 4.69) is 20.6 Å². The molecule has 0 radical (unpaired) electrons. The summed E-state index contributed by atoms with van der Waals surface area (Å²) >= 11 is 0. The fraction of sp³-hybridized carbons (Fsp3) is 0.390. The lowest BCUT2D eigenvalue weighted by atomic mass is 9.98. The van der Waals surface area contributed by atoms with Crippen LogP contribution in [0.4, 0.5) is 4.79 Å². The number of carboxylic acids is 1. The second-order valence-electron chi connectivity index (χ2n) is 14.5. The third kappa shape index (κ3) is 11.6. The first-order chi connectivity index (χ1) is 29.2. The number of carboxylic acid groups (broad SMARTS) is 1. The van der Waals surface area contributed by atoms with E-state index in [-0.39, 0.29) is 62.8 Å². The number of rotatable bonds is 20. The fourth-order valence-corrected chi connectivity index (χ4v) is 7.13. The molecule has 0 fully saturated rings. The third-order valence-electron chi connectivity index (χ3n) is 10.2. The number of carbonyl (C=O) groups excluding carboxylic acids is 4. The molecule has 7 N–H and O–H groups in total. The minimum absolute atomic E-state index is 0.0315. The first-order valence-corrected chi connectivity index (χ1v) is 19.6. The van der Waals surface area contributed by atoms with Gasteiger partial charge in [0.05, 0.1) is 0 Å². The molecule has 1 aliphatic carbocycles. The maximum absolute atomic E-state index is 14.0. The SMILES string of the molecule is Cc1cn(CC(=O)N(CCNC(=O)[C@@H](CCCCN)N(CCNC(=O)OCC2c3ccccc3-c3ccccc32)C(=O)Cn2cc(C)c(=O)[nH]c2=O)CC(=O)O)c(=O)[nH]c1=O. The molecule has 0 saturated heterocycles. The number of nitrogens with zero attached hydrogens (tertiary/aromatic N) is 4. The van der Waals surface area contributed by atoms with Crippen molar-refractivity contribution in [3.8, 4) is 11.1 Å². The van der Waals surface area contributed by atoms with Crippen LogP contribution in [0.5, 0.6) is 0 Å². The van der Waals surface area contributed by atoms with Gasteiger partial charge in [0, 0.05) is 55.6 Å². The van der Waals surface area contributed by atoms with E-state index in [4.69, 9.17) is 10.5 Å². The van der Waals surface area contributed by atoms with Crippen molar-refractivity contribution in [2.45, 2.75) is 58.2 Å². The normalized spacial score (nSPS) is 12.2. The quantitative estimate of drug-likeness (QED) is 0.0620. The minimum atomic E-state index is -1.36. The number of aromatic nitrogens is 4. The molecule has 4 amide bonds. The Labute approximate surface area is 348 Å². The molecule has 1 atom stereocenters. The molecule has 4 aromatic rings. The molecule has 0 aliphatic heterocycles. The standard InChI is InChI=1S/C41H49N9O11/c1-25-19-48(39(58)45-36(25)55)21-33(51)47(23-35(53)54)17-15-43-38(57)32(13-7-8-14-42)50(34(52)22-49-20-26(2)37(56)46-40(49)59)18-16-44-41(60)61-24-31-29-11-5-3-9-27(29)28-10-4-6-12-30(28)31/h3-6,9-12,19-20,31-32H,7-8,13-18,21-24,42H2,1-2H3,(H,43,57)(H,44,60)(H,53,54)(H,45,55,58)(H,46,56,59)/t32-/m1/s1. The number of aryl methyl sites for hydroxylation is 2. The predicted octanol–water partition coefficient (Wildman–Crippen LogP) is -0.402. The summed E-state index contributed by atoms with van der Waals surface area (Å²) in [6.45, 7) is 0.266. The molecule has 5 rings (SSSR count). The van der Waals surface area contributed by atoms with Crippen molar-refractivity contribution >= 4 is 29.8 Å². The number of ether oxygens (including phenoxy) is 1. The van der Waals surface area contributed by atoms with Gasteiger partial charge in [-0.3, -0.25) is 47.9 Å². The average Bonchev–Trinajstić information content (AvgIpc) is 3.54. The van der Waals surface area contributed by atoms with Crippen molar-refractivity contribution in [1.29, 1.82) is 0 Å². The van der Waals surface area contributed by atoms with E-state index in [1.165, 1.54) is 31.1 Å². The Kier molecular flexibility index (Phi) is 15.3. The molecular formula is C41H49N9O11. The molecule has 0 bridgehead atoms. The Balaban J connectivity index is 1.30. The number of aromatic amines is 2. The van der Waals surface area contributed by atoms with E-state index < -0.39 is 78.0 Å². The van der Waals surface area contributed by atoms with Crippen LogP contribution in [0.25, 0.3) is 11.1 Å². The highest BCUT2D eigenvalue weighted by Gasteiger charge is 2.32. The zero-order valence-electron chi connectivity index (χ0n) is 33.8. The lowest BCUT2D eigenvalue weighted by Crippen LogP contribution is -2.54. The van der Waals surface area contributed by atoms with Gasteiger partial charge in [-0.15, -0.1) is 0 Å². The molecule has 20 nitrogen and oxygen atoms in total. The van der Waals surface area contributed by atoms with Crippen LogP contribution in [0, 0.1) is 13.8 Å². The molecule has 2 aromatic carbocycles. The maximum Gasteiger partial charge on any atom is 0.407 e. The molecule has 2 heterocycles. The van der Waals surface area contributed by atoms with Crippen molar-refractivity contribution in [3.63, 3.8) is 0 Å². The summed E-state index contributed by atoms with van der Waals surface area (Å²) in [4.78, 5) is 121. The van der Waals surface area contributed by atoms with Gasteiger partial charge in [-0.2, -0.15) is 0 Å². The smallest absolute Gasteiger partial charge is 0.407 e. The lowest BCUT2D eigenvalue weighted by molar-refractivity contribution is -0.145. The number of amides is 4. The van der Waals surface area contributed by atoms with Gasteiger partial charge in [0.15, 0.2) is 0 Å². The lowest BCUT2D eigenvalue weighted by Gasteiger charge is -2.32. The van der Waals surface area contributed by atoms with Gasteiger partial charge < -0.3 is 36.0 Å². The first kappa shape index (κ1) is 45.0. The van der Waals surface area contributed by atoms with Crippen molar-refractivity contribution in [2.75, 3.05) is 45.9 Å². The minimum Gasteiger partial charge on any atom is -0.480 e. The van der Waals surface area contributed by atoms with Gasteiger partial charge >= 0.3 is 23.4 Å². The number of H-pyrrole nitrogens is 2. The number of hydrogen-bond acceptors (Lipinski definition) is 11. The fourth-order valence-electron chi connectivity index (χ4n) is 7.13. The van der Waals surface area contributed by atoms with Crippen molar-refractivity contribution in [2.24, 2.45) is 5.73 Å². The Morgan fingerprint density at radius 3 is 1.89 bits per heavy atom. The number of benzene rings is 2. The number of aliphatic carboxylic acids is 1. The summed E-state index contributed by atoms with van der Waals surface area (Å²) in [7, 11) is 0. The van der Waals surface area contributed by atoms with Gasteiger partial charge in [-0.25, -0.2) is 14.4 Å². The van der Waals surface area contributed by atoms with E-state index in [1.807, 2.05) is 48.5 Å². The Hall–Kier alpha value is -7.09. The number of nitrogens with one attached hydrogen (secondary N) is 4. The van der Waals surface area contributed by atoms with E-state index in [0.29, 0.717) is 12.8 Å². The van der Waals surface area contributed by atoms with E-state index in [0.717, 1.165) is 36.3 Å². The van der Waals surface area contributed by atoms with Crippen LogP contribution in [-0.4, -0.2) is 116 Å². The van der Waals surface area contributed by atoms with Crippen LogP contribution in [0.15, 0.2) is 80.1 Å². The highest BCUT2D eigenvalue weighted by Crippen LogP contribution is 2.44. The second-order valence-corrected chi connectivity index (χ2v) is 14.5. The predicted molar refractivity (Wildman–Crippen MR) is 221 cm³/mol. The van der Waals surface area contributed by atoms with Gasteiger partial charge in [-0.05, 0) is 61.9 Å². The largest absolute Gasteiger partial charge is 0.480 e. The Bertz CT molecular complexity index is 2460. The van der Waals surface area contributed by atoms with Crippen LogP contribution in [0.3, 0.4) is 0 Å². The van der Waals surface area contributed by atoms with Gasteiger partial charge in [0.25, 0.3) is 11.1 Å². The number of carbonyl (C=O) groups is 5. The summed E-state index contributed by atoms with van der Waals surface area (Å²) in [5.41, 5.74) is 7.19. The number of alkyl carbamates (subject to hydrolysis) is 1. The molecule has 61 heavy (non-hydrogen) atoms. The van der Waals surface area contributed by atoms with Crippen LogP contribution in [-0.2, 0) is 37.0 Å². The van der Waals surface area contributed by atoms with Gasteiger partial charge in [0.1, 0.15) is 32.3 Å². The van der Waals surface area contributed by atoms with E-state index in [1.54, 1.807) is 0 Å². The molecular weight excluding hydrogens is 795 g/mol. The van der Waals surface area contributed by atoms with Crippen molar-refractivity contribution in [3.05, 3.63) is 125 Å². The average molecular weight is 844 g/mol. The van der Waals surface area contributed by atoms with E-state index >= 15 is 0 Å². The maximum atomic E-state index is 14.0. The van der Waals surface area contributed by atoms with Crippen molar-refractivity contribution < 1.29 is 33.8 Å². The summed E-state index contributed by atoms with van der Waals surface area (Å²) in [5.74, 6) is -3.75. The highest BCUT2D eigenvalue weighted by molar-refractivity contribution is 5.88. The monoisotopic (exact) mass is 843 g/mol. The van der Waals surface area contributed by atoms with Gasteiger partial charge in [-0.1, -0.05) is 48.5 Å². The summed E-state index contributed by atoms with van der Waals surface area (Å²) in [6.07, 6.45) is 2.56. The number of nitrogens with two attached hydrogens (primary N) is 1. The summed E-state index contributed by atoms with van der Waals surface area (Å²) < 4.78 is 7.56. The van der Waals surface area contributed by atoms with Crippen LogP contribution >= 0.6 is 0 Å². The first-order valence-electron chi connectivity index (χ1n) is 19.6. The molecule has 0 spiro atoms. The summed E-state index contributed by atoms with van der Waals surface area (Å²) in [6, 6.07) is 14.5. The molecule has 324 valence electrons.